The molecule has 0 fully saturated rings. The Kier molecular flexibility index (Phi) is 9.09. The summed E-state index contributed by atoms with van der Waals surface area (Å²) in [6.07, 6.45) is 0.918. The fraction of sp³-hybridized carbons (Fsp3) is 0.778. The lowest BCUT2D eigenvalue weighted by Gasteiger charge is -2.14. The van der Waals surface area contributed by atoms with Crippen molar-refractivity contribution in [2.24, 2.45) is 0 Å². The summed E-state index contributed by atoms with van der Waals surface area (Å²) in [5.41, 5.74) is 0. The topological polar surface area (TPSA) is 58.2 Å². The SMILES string of the molecule is C[C@H](CNC(=O)CCBr)NC(=O)CCBr. The van der Waals surface area contributed by atoms with E-state index in [4.69, 9.17) is 0 Å². The van der Waals surface area contributed by atoms with Gasteiger partial charge in [0.05, 0.1) is 0 Å². The predicted molar refractivity (Wildman–Crippen MR) is 67.4 cm³/mol. The van der Waals surface area contributed by atoms with Crippen molar-refractivity contribution in [3.63, 3.8) is 0 Å². The van der Waals surface area contributed by atoms with E-state index in [0.717, 1.165) is 0 Å². The molecule has 2 N–H and O–H groups in total. The Balaban J connectivity index is 3.60. The van der Waals surface area contributed by atoms with Crippen LogP contribution in [0.4, 0.5) is 0 Å². The molecular weight excluding hydrogens is 328 g/mol. The number of nitrogens with one attached hydrogen (secondary N) is 2. The van der Waals surface area contributed by atoms with E-state index in [1.807, 2.05) is 6.92 Å². The van der Waals surface area contributed by atoms with Crippen molar-refractivity contribution in [2.45, 2.75) is 25.8 Å². The van der Waals surface area contributed by atoms with Gasteiger partial charge in [-0.25, -0.2) is 0 Å². The van der Waals surface area contributed by atoms with Crippen molar-refractivity contribution < 1.29 is 9.59 Å². The Morgan fingerprint density at radius 1 is 1.13 bits per heavy atom. The molecular formula is C9H16Br2N2O2. The minimum Gasteiger partial charge on any atom is -0.354 e. The highest BCUT2D eigenvalue weighted by molar-refractivity contribution is 9.09. The monoisotopic (exact) mass is 342 g/mol. The Bertz CT molecular complexity index is 212. The first-order chi connectivity index (χ1) is 7.10. The van der Waals surface area contributed by atoms with Gasteiger partial charge in [0.25, 0.3) is 0 Å². The van der Waals surface area contributed by atoms with E-state index in [0.29, 0.717) is 30.0 Å². The highest BCUT2D eigenvalue weighted by atomic mass is 79.9. The van der Waals surface area contributed by atoms with Gasteiger partial charge in [0.15, 0.2) is 0 Å². The van der Waals surface area contributed by atoms with Crippen molar-refractivity contribution >= 4 is 43.7 Å². The second-order valence-corrected chi connectivity index (χ2v) is 4.74. The molecule has 0 aliphatic rings. The van der Waals surface area contributed by atoms with E-state index in [2.05, 4.69) is 42.5 Å². The second-order valence-electron chi connectivity index (χ2n) is 3.15. The van der Waals surface area contributed by atoms with Crippen molar-refractivity contribution in [1.82, 2.24) is 10.6 Å². The maximum Gasteiger partial charge on any atom is 0.221 e. The summed E-state index contributed by atoms with van der Waals surface area (Å²) < 4.78 is 0. The lowest BCUT2D eigenvalue weighted by Crippen LogP contribution is -2.41. The lowest BCUT2D eigenvalue weighted by molar-refractivity contribution is -0.123. The zero-order valence-corrected chi connectivity index (χ0v) is 11.9. The Labute approximate surface area is 107 Å². The summed E-state index contributed by atoms with van der Waals surface area (Å²) in [6.45, 7) is 2.33. The van der Waals surface area contributed by atoms with Gasteiger partial charge in [-0.15, -0.1) is 0 Å². The summed E-state index contributed by atoms with van der Waals surface area (Å²) in [6, 6.07) is -0.0316. The van der Waals surface area contributed by atoms with Gasteiger partial charge in [-0.2, -0.15) is 0 Å². The smallest absolute Gasteiger partial charge is 0.221 e. The molecule has 0 saturated carbocycles. The molecule has 0 heterocycles. The van der Waals surface area contributed by atoms with Gasteiger partial charge in [0.1, 0.15) is 0 Å². The van der Waals surface area contributed by atoms with E-state index >= 15 is 0 Å². The minimum atomic E-state index is -0.0316. The van der Waals surface area contributed by atoms with E-state index in [1.165, 1.54) is 0 Å². The first kappa shape index (κ1) is 14.9. The van der Waals surface area contributed by atoms with Crippen LogP contribution in [0.15, 0.2) is 0 Å². The van der Waals surface area contributed by atoms with Crippen LogP contribution >= 0.6 is 31.9 Å². The summed E-state index contributed by atoms with van der Waals surface area (Å²) in [5, 5.41) is 6.83. The van der Waals surface area contributed by atoms with Gasteiger partial charge >= 0.3 is 0 Å². The zero-order chi connectivity index (χ0) is 11.7. The van der Waals surface area contributed by atoms with Gasteiger partial charge in [-0.05, 0) is 6.92 Å². The predicted octanol–water partition coefficient (Wildman–Crippen LogP) is 1.18. The fourth-order valence-corrected chi connectivity index (χ4v) is 1.65. The maximum atomic E-state index is 11.2. The van der Waals surface area contributed by atoms with Crippen LogP contribution in [-0.2, 0) is 9.59 Å². The van der Waals surface area contributed by atoms with Crippen LogP contribution in [0.5, 0.6) is 0 Å². The standard InChI is InChI=1S/C9H16Br2N2O2/c1-7(13-9(15)3-5-11)6-12-8(14)2-4-10/h7H,2-6H2,1H3,(H,12,14)(H,13,15)/t7-/m1/s1. The third kappa shape index (κ3) is 8.87. The molecule has 0 spiro atoms. The van der Waals surface area contributed by atoms with Crippen molar-refractivity contribution in [2.75, 3.05) is 17.2 Å². The van der Waals surface area contributed by atoms with E-state index in [-0.39, 0.29) is 17.9 Å². The number of amides is 2. The normalized spacial score (nSPS) is 11.9. The van der Waals surface area contributed by atoms with Crippen LogP contribution in [0.1, 0.15) is 19.8 Å². The van der Waals surface area contributed by atoms with Gasteiger partial charge < -0.3 is 10.6 Å². The molecule has 0 unspecified atom stereocenters. The van der Waals surface area contributed by atoms with Crippen LogP contribution in [0.2, 0.25) is 0 Å². The summed E-state index contributed by atoms with van der Waals surface area (Å²) >= 11 is 6.37. The number of carbonyl (C=O) groups excluding carboxylic acids is 2. The molecule has 2 amide bonds. The highest BCUT2D eigenvalue weighted by Gasteiger charge is 2.07. The molecule has 0 aromatic carbocycles. The third-order valence-electron chi connectivity index (χ3n) is 1.66. The molecule has 0 aliphatic heterocycles. The number of carbonyl (C=O) groups is 2. The molecule has 88 valence electrons. The molecule has 0 aliphatic carbocycles. The molecule has 0 rings (SSSR count). The molecule has 1 atom stereocenters. The van der Waals surface area contributed by atoms with Crippen LogP contribution in [0.25, 0.3) is 0 Å². The number of rotatable bonds is 7. The molecule has 4 nitrogen and oxygen atoms in total. The number of alkyl halides is 2. The van der Waals surface area contributed by atoms with Crippen molar-refractivity contribution in [3.8, 4) is 0 Å². The highest BCUT2D eigenvalue weighted by Crippen LogP contribution is 1.90. The minimum absolute atomic E-state index is 0.00545. The number of hydrogen-bond acceptors (Lipinski definition) is 2. The summed E-state index contributed by atoms with van der Waals surface area (Å²) in [7, 11) is 0. The third-order valence-corrected chi connectivity index (χ3v) is 2.45. The molecule has 0 saturated heterocycles. The van der Waals surface area contributed by atoms with Gasteiger partial charge in [-0.1, -0.05) is 31.9 Å². The first-order valence-corrected chi connectivity index (χ1v) is 7.02. The van der Waals surface area contributed by atoms with Crippen LogP contribution < -0.4 is 10.6 Å². The average Bonchev–Trinajstić information content (AvgIpc) is 2.15. The second kappa shape index (κ2) is 9.15. The fourth-order valence-electron chi connectivity index (χ4n) is 0.925. The van der Waals surface area contributed by atoms with Gasteiger partial charge in [-0.3, -0.25) is 9.59 Å². The van der Waals surface area contributed by atoms with Gasteiger partial charge in [0, 0.05) is 36.1 Å². The molecule has 0 bridgehead atoms. The maximum absolute atomic E-state index is 11.2. The van der Waals surface area contributed by atoms with E-state index in [1.54, 1.807) is 0 Å². The molecule has 6 heteroatoms. The first-order valence-electron chi connectivity index (χ1n) is 4.78. The van der Waals surface area contributed by atoms with Crippen LogP contribution in [0.3, 0.4) is 0 Å². The zero-order valence-electron chi connectivity index (χ0n) is 8.69. The van der Waals surface area contributed by atoms with E-state index < -0.39 is 0 Å². The summed E-state index contributed by atoms with van der Waals surface area (Å²) in [4.78, 5) is 22.3. The quantitative estimate of drug-likeness (QED) is 0.682. The number of hydrogen-bond donors (Lipinski definition) is 2. The van der Waals surface area contributed by atoms with Crippen LogP contribution in [0, 0.1) is 0 Å². The largest absolute Gasteiger partial charge is 0.354 e. The Hall–Kier alpha value is -0.100. The average molecular weight is 344 g/mol. The summed E-state index contributed by atoms with van der Waals surface area (Å²) in [5.74, 6) is -0.0115. The molecule has 0 aromatic rings. The van der Waals surface area contributed by atoms with Gasteiger partial charge in [0.2, 0.25) is 11.8 Å². The molecule has 0 aromatic heterocycles. The number of halogens is 2. The molecule has 0 radical (unpaired) electrons. The van der Waals surface area contributed by atoms with Crippen LogP contribution in [-0.4, -0.2) is 35.1 Å². The van der Waals surface area contributed by atoms with Crippen molar-refractivity contribution in [1.29, 1.82) is 0 Å². The Morgan fingerprint density at radius 3 is 2.20 bits per heavy atom. The molecule has 15 heavy (non-hydrogen) atoms. The Morgan fingerprint density at radius 2 is 1.67 bits per heavy atom. The van der Waals surface area contributed by atoms with E-state index in [9.17, 15) is 9.59 Å². The lowest BCUT2D eigenvalue weighted by atomic mass is 10.3. The van der Waals surface area contributed by atoms with Crippen molar-refractivity contribution in [3.05, 3.63) is 0 Å².